The van der Waals surface area contributed by atoms with Crippen molar-refractivity contribution >= 4 is 69.6 Å². The molecule has 0 bridgehead atoms. The fourth-order valence-corrected chi connectivity index (χ4v) is 10.2. The van der Waals surface area contributed by atoms with E-state index in [-0.39, 0.29) is 173 Å². The summed E-state index contributed by atoms with van der Waals surface area (Å²) < 4.78 is 25.7. The molecule has 2 atom stereocenters. The SMILES string of the molecule is CC(C)OC(=O)c1ccc(OC(C)C)c(Cl)c1N.CC(C)Oc1ccc(C(=O)C[C@H](CCO)Cc2ccc(-c3cn(C)c(C(C)(C)C)n3)cc2)c(N)c1Cl.CC(C)Oc1ccc(C(=O)O)c(N)c1Cl.Cn1cc(-c2ccc(C[C@H](N)CCO)cc2)nc1C(C)(C)C.[K+].[OH-]. The molecule has 2 heterocycles. The van der Waals surface area contributed by atoms with Gasteiger partial charge in [0.2, 0.25) is 0 Å². The Morgan fingerprint density at radius 3 is 1.24 bits per heavy atom. The Morgan fingerprint density at radius 1 is 0.538 bits per heavy atom. The van der Waals surface area contributed by atoms with Gasteiger partial charge >= 0.3 is 63.3 Å². The molecule has 504 valence electrons. The van der Waals surface area contributed by atoms with E-state index >= 15 is 0 Å². The van der Waals surface area contributed by atoms with E-state index in [0.717, 1.165) is 46.1 Å². The van der Waals surface area contributed by atoms with E-state index in [9.17, 15) is 19.5 Å². The molecule has 93 heavy (non-hydrogen) atoms. The molecule has 23 heteroatoms. The Balaban J connectivity index is 0.000000446. The molecule has 7 aromatic rings. The van der Waals surface area contributed by atoms with Crippen LogP contribution in [-0.4, -0.2) is 101 Å². The summed E-state index contributed by atoms with van der Waals surface area (Å²) in [5.74, 6) is 1.73. The van der Waals surface area contributed by atoms with Crippen LogP contribution in [0.4, 0.5) is 17.1 Å². The van der Waals surface area contributed by atoms with Crippen molar-refractivity contribution in [2.45, 2.75) is 170 Å². The number of imidazole rings is 2. The second kappa shape index (κ2) is 38.1. The number of carboxylic acid groups (broad SMARTS) is 1. The number of Topliss-reactive ketones (excluding diaryl/α,β-unsaturated/α-hetero) is 1. The first-order valence-corrected chi connectivity index (χ1v) is 31.6. The molecule has 0 saturated carbocycles. The topological polar surface area (TPSA) is 319 Å². The zero-order valence-electron chi connectivity index (χ0n) is 57.0. The van der Waals surface area contributed by atoms with Crippen molar-refractivity contribution in [3.63, 3.8) is 0 Å². The molecule has 5 aromatic carbocycles. The molecule has 19 nitrogen and oxygen atoms in total. The van der Waals surface area contributed by atoms with Crippen LogP contribution < -0.4 is 88.5 Å². The number of aromatic carboxylic acids is 1. The van der Waals surface area contributed by atoms with Crippen molar-refractivity contribution in [3.8, 4) is 39.8 Å². The number of aliphatic hydroxyl groups excluding tert-OH is 2. The first-order valence-electron chi connectivity index (χ1n) is 30.4. The Bertz CT molecular complexity index is 3530. The van der Waals surface area contributed by atoms with Crippen molar-refractivity contribution in [3.05, 3.63) is 152 Å². The van der Waals surface area contributed by atoms with Gasteiger partial charge in [-0.1, -0.05) is 125 Å². The number of aromatic nitrogens is 4. The van der Waals surface area contributed by atoms with Crippen LogP contribution in [-0.2, 0) is 42.5 Å². The average molecular weight is 1370 g/mol. The maximum atomic E-state index is 13.1. The molecule has 0 fully saturated rings. The number of hydrogen-bond donors (Lipinski definition) is 7. The predicted octanol–water partition coefficient (Wildman–Crippen LogP) is 11.4. The summed E-state index contributed by atoms with van der Waals surface area (Å²) in [4.78, 5) is 45.2. The fourth-order valence-electron chi connectivity index (χ4n) is 9.60. The second-order valence-corrected chi connectivity index (χ2v) is 26.6. The van der Waals surface area contributed by atoms with Gasteiger partial charge in [-0.05, 0) is 135 Å². The number of ether oxygens (including phenoxy) is 4. The Labute approximate surface area is 606 Å². The van der Waals surface area contributed by atoms with Crippen molar-refractivity contribution in [1.29, 1.82) is 0 Å². The molecule has 0 aliphatic carbocycles. The van der Waals surface area contributed by atoms with Crippen LogP contribution in [0.1, 0.15) is 170 Å². The number of hydrogen-bond acceptors (Lipinski definition) is 16. The summed E-state index contributed by atoms with van der Waals surface area (Å²) in [5.41, 5.74) is 31.0. The third-order valence-electron chi connectivity index (χ3n) is 13.7. The predicted molar refractivity (Wildman–Crippen MR) is 370 cm³/mol. The number of esters is 1. The second-order valence-electron chi connectivity index (χ2n) is 25.5. The summed E-state index contributed by atoms with van der Waals surface area (Å²) in [6.07, 6.45) is 6.69. The summed E-state index contributed by atoms with van der Waals surface area (Å²) in [7, 11) is 4.06. The molecule has 0 spiro atoms. The van der Waals surface area contributed by atoms with Crippen molar-refractivity contribution in [1.82, 2.24) is 19.1 Å². The fraction of sp³-hybridized carbons (Fsp3) is 0.443. The van der Waals surface area contributed by atoms with Crippen LogP contribution in [0, 0.1) is 5.92 Å². The molecule has 0 radical (unpaired) electrons. The Hall–Kier alpha value is -5.72. The van der Waals surface area contributed by atoms with Crippen LogP contribution in [0.5, 0.6) is 17.2 Å². The minimum Gasteiger partial charge on any atom is -0.870 e. The number of ketones is 1. The smallest absolute Gasteiger partial charge is 0.870 e. The monoisotopic (exact) mass is 1370 g/mol. The van der Waals surface area contributed by atoms with Gasteiger partial charge in [-0.2, -0.15) is 0 Å². The summed E-state index contributed by atoms with van der Waals surface area (Å²) in [5, 5.41) is 28.0. The summed E-state index contributed by atoms with van der Waals surface area (Å²) in [6.45, 7) is 27.9. The van der Waals surface area contributed by atoms with Crippen molar-refractivity contribution in [2.24, 2.45) is 25.7 Å². The van der Waals surface area contributed by atoms with E-state index in [1.807, 2.05) is 55.6 Å². The molecule has 0 unspecified atom stereocenters. The van der Waals surface area contributed by atoms with Gasteiger partial charge in [0, 0.05) is 79.7 Å². The number of carbonyl (C=O) groups is 3. The van der Waals surface area contributed by atoms with Crippen LogP contribution in [0.2, 0.25) is 15.1 Å². The molecular weight excluding hydrogens is 1270 g/mol. The number of nitrogen functional groups attached to an aromatic ring is 3. The van der Waals surface area contributed by atoms with Crippen molar-refractivity contribution < 1.29 is 106 Å². The van der Waals surface area contributed by atoms with E-state index in [4.69, 9.17) is 96.9 Å². The normalized spacial score (nSPS) is 11.8. The van der Waals surface area contributed by atoms with Gasteiger partial charge in [0.15, 0.2) is 5.78 Å². The number of halogens is 3. The molecule has 2 aromatic heterocycles. The molecular formula is C70H96Cl3KN8O11. The first-order chi connectivity index (χ1) is 42.5. The molecule has 12 N–H and O–H groups in total. The number of carbonyl (C=O) groups excluding carboxylic acids is 2. The van der Waals surface area contributed by atoms with Gasteiger partial charge in [0.25, 0.3) is 0 Å². The minimum absolute atomic E-state index is 0. The number of aryl methyl sites for hydroxylation is 2. The van der Waals surface area contributed by atoms with E-state index in [1.54, 1.807) is 38.1 Å². The number of nitrogens with two attached hydrogens (primary N) is 4. The molecule has 0 amide bonds. The number of nitrogens with zero attached hydrogens (tertiary/aromatic N) is 4. The van der Waals surface area contributed by atoms with E-state index < -0.39 is 11.9 Å². The van der Waals surface area contributed by atoms with Gasteiger partial charge in [0.05, 0.1) is 64.0 Å². The van der Waals surface area contributed by atoms with Crippen LogP contribution in [0.3, 0.4) is 0 Å². The third kappa shape index (κ3) is 25.4. The van der Waals surface area contributed by atoms with Crippen LogP contribution in [0.25, 0.3) is 22.5 Å². The zero-order valence-corrected chi connectivity index (χ0v) is 62.4. The van der Waals surface area contributed by atoms with Gasteiger partial charge in [-0.3, -0.25) is 4.79 Å². The number of aliphatic hydroxyl groups is 2. The zero-order chi connectivity index (χ0) is 68.4. The largest absolute Gasteiger partial charge is 1.00 e. The van der Waals surface area contributed by atoms with Gasteiger partial charge < -0.3 is 71.8 Å². The van der Waals surface area contributed by atoms with Gasteiger partial charge in [0.1, 0.15) is 44.0 Å². The van der Waals surface area contributed by atoms with Crippen LogP contribution in [0.15, 0.2) is 97.3 Å². The Kier molecular flexibility index (Phi) is 34.2. The molecule has 0 aliphatic rings. The standard InChI is InChI=1S/C29H38ClN3O3.C18H27N3O.C13H18ClNO3.C10H12ClNO3.K.H2O/c1-18(2)36-25-12-11-22(27(31)26(25)30)24(35)16-20(13-14-34)15-19-7-9-21(10-8-19)23-17-33(6)28(32-23)29(3,4)5;1-18(2,3)17-20-16(12-21(17)4)14-7-5-13(6-8-14)11-15(19)9-10-22;1-7(2)17-10-6-5-9(12(15)11(10)14)13(16)18-8(3)4;1-5(2)15-7-4-3-6(10(13)14)9(12)8(7)11;;/h7-12,17-18,20,34H,13-16,31H2,1-6H3;5-8,12,15,22H,9-11,19H2,1-4H3;5-8H,15H2,1-4H3;3-5H,12H2,1-2H3,(H,13,14);;1H2/q;;;;+1;/p-1/t20-;15-;;;;/m11..../s1. The van der Waals surface area contributed by atoms with E-state index in [1.165, 1.54) is 17.7 Å². The average Bonchev–Trinajstić information content (AvgIpc) is 1.81. The molecule has 0 saturated heterocycles. The van der Waals surface area contributed by atoms with Gasteiger partial charge in [-0.25, -0.2) is 19.6 Å². The number of anilines is 3. The molecule has 0 aliphatic heterocycles. The third-order valence-corrected chi connectivity index (χ3v) is 14.9. The maximum Gasteiger partial charge on any atom is 1.00 e. The number of carboxylic acids is 1. The first kappa shape index (κ1) is 83.4. The van der Waals surface area contributed by atoms with E-state index in [2.05, 4.69) is 112 Å². The van der Waals surface area contributed by atoms with Crippen molar-refractivity contribution in [2.75, 3.05) is 30.4 Å². The Morgan fingerprint density at radius 2 is 0.892 bits per heavy atom. The minimum atomic E-state index is -1.11. The summed E-state index contributed by atoms with van der Waals surface area (Å²) in [6, 6.07) is 26.1. The summed E-state index contributed by atoms with van der Waals surface area (Å²) >= 11 is 18.3. The van der Waals surface area contributed by atoms with E-state index in [0.29, 0.717) is 42.1 Å². The number of benzene rings is 5. The quantitative estimate of drug-likeness (QED) is 0.0143. The number of rotatable bonds is 22. The van der Waals surface area contributed by atoms with Crippen LogP contribution >= 0.6 is 34.8 Å². The molecule has 7 rings (SSSR count). The van der Waals surface area contributed by atoms with Gasteiger partial charge in [-0.15, -0.1) is 0 Å². The maximum absolute atomic E-state index is 13.1.